The van der Waals surface area contributed by atoms with Gasteiger partial charge in [0.15, 0.2) is 0 Å². The first-order valence-corrected chi connectivity index (χ1v) is 8.31. The summed E-state index contributed by atoms with van der Waals surface area (Å²) in [6.45, 7) is 2.99. The van der Waals surface area contributed by atoms with Crippen molar-refractivity contribution in [2.24, 2.45) is 5.92 Å². The first kappa shape index (κ1) is 16.2. The van der Waals surface area contributed by atoms with E-state index in [0.717, 1.165) is 11.1 Å². The van der Waals surface area contributed by atoms with Gasteiger partial charge in [-0.15, -0.1) is 0 Å². The zero-order valence-electron chi connectivity index (χ0n) is 13.8. The second-order valence-electron chi connectivity index (χ2n) is 6.24. The largest absolute Gasteiger partial charge is 0.352 e. The number of likely N-dealkylation sites (tertiary alicyclic amines) is 1. The van der Waals surface area contributed by atoms with Crippen LogP contribution in [0.15, 0.2) is 60.7 Å². The summed E-state index contributed by atoms with van der Waals surface area (Å²) in [5.41, 5.74) is 2.15. The van der Waals surface area contributed by atoms with E-state index in [0.29, 0.717) is 13.1 Å². The van der Waals surface area contributed by atoms with Crippen molar-refractivity contribution in [3.8, 4) is 0 Å². The fraction of sp³-hybridized carbons (Fsp3) is 0.300. The number of benzene rings is 2. The Morgan fingerprint density at radius 1 is 1.12 bits per heavy atom. The van der Waals surface area contributed by atoms with Crippen LogP contribution in [0.5, 0.6) is 0 Å². The van der Waals surface area contributed by atoms with Crippen LogP contribution < -0.4 is 5.32 Å². The summed E-state index contributed by atoms with van der Waals surface area (Å²) in [6, 6.07) is 19.7. The molecule has 1 aliphatic heterocycles. The molecular weight excluding hydrogens is 300 g/mol. The molecule has 4 heteroatoms. The highest BCUT2D eigenvalue weighted by molar-refractivity contribution is 5.89. The molecule has 2 atom stereocenters. The van der Waals surface area contributed by atoms with Gasteiger partial charge in [-0.3, -0.25) is 9.59 Å². The molecule has 1 saturated heterocycles. The summed E-state index contributed by atoms with van der Waals surface area (Å²) < 4.78 is 0. The Morgan fingerprint density at radius 2 is 1.75 bits per heavy atom. The minimum atomic E-state index is -0.271. The maximum Gasteiger partial charge on any atom is 0.225 e. The van der Waals surface area contributed by atoms with Gasteiger partial charge in [0.2, 0.25) is 11.8 Å². The van der Waals surface area contributed by atoms with E-state index in [9.17, 15) is 9.59 Å². The topological polar surface area (TPSA) is 49.4 Å². The Bertz CT molecular complexity index is 700. The molecule has 0 unspecified atom stereocenters. The predicted octanol–water partition coefficient (Wildman–Crippen LogP) is 2.91. The van der Waals surface area contributed by atoms with Crippen LogP contribution in [0.1, 0.15) is 30.5 Å². The number of hydrogen-bond donors (Lipinski definition) is 1. The van der Waals surface area contributed by atoms with Crippen LogP contribution in [-0.2, 0) is 16.1 Å². The van der Waals surface area contributed by atoms with Crippen LogP contribution in [0.25, 0.3) is 0 Å². The van der Waals surface area contributed by atoms with E-state index >= 15 is 0 Å². The van der Waals surface area contributed by atoms with Crippen molar-refractivity contribution in [3.05, 3.63) is 71.8 Å². The molecule has 2 amide bonds. The minimum Gasteiger partial charge on any atom is -0.352 e. The first-order valence-electron chi connectivity index (χ1n) is 8.31. The van der Waals surface area contributed by atoms with Gasteiger partial charge in [-0.1, -0.05) is 60.7 Å². The third-order valence-electron chi connectivity index (χ3n) is 4.59. The number of rotatable bonds is 5. The summed E-state index contributed by atoms with van der Waals surface area (Å²) in [5.74, 6) is -0.270. The molecule has 0 radical (unpaired) electrons. The smallest absolute Gasteiger partial charge is 0.225 e. The lowest BCUT2D eigenvalue weighted by atomic mass is 10.1. The normalized spacial score (nSPS) is 18.5. The molecule has 2 aromatic carbocycles. The van der Waals surface area contributed by atoms with Crippen LogP contribution in [0.4, 0.5) is 0 Å². The maximum absolute atomic E-state index is 12.4. The monoisotopic (exact) mass is 322 g/mol. The van der Waals surface area contributed by atoms with Crippen molar-refractivity contribution in [1.29, 1.82) is 0 Å². The molecule has 0 aliphatic carbocycles. The number of carbonyl (C=O) groups is 2. The summed E-state index contributed by atoms with van der Waals surface area (Å²) in [5, 5.41) is 2.94. The molecule has 1 aliphatic rings. The van der Waals surface area contributed by atoms with Crippen molar-refractivity contribution >= 4 is 11.8 Å². The van der Waals surface area contributed by atoms with Crippen LogP contribution in [0.3, 0.4) is 0 Å². The molecule has 0 bridgehead atoms. The van der Waals surface area contributed by atoms with E-state index in [2.05, 4.69) is 5.32 Å². The Morgan fingerprint density at radius 3 is 2.42 bits per heavy atom. The summed E-state index contributed by atoms with van der Waals surface area (Å²) >= 11 is 0. The van der Waals surface area contributed by atoms with E-state index in [1.165, 1.54) is 0 Å². The van der Waals surface area contributed by atoms with Gasteiger partial charge in [-0.05, 0) is 18.1 Å². The van der Waals surface area contributed by atoms with Crippen LogP contribution in [-0.4, -0.2) is 23.3 Å². The standard InChI is InChI=1S/C20H22N2O2/c1-15(17-10-6-3-7-11-17)22-14-18(12-19(22)23)20(24)21-13-16-8-4-2-5-9-16/h2-11,15,18H,12-14H2,1H3,(H,21,24)/t15-,18-/m0/s1. The molecule has 1 N–H and O–H groups in total. The van der Waals surface area contributed by atoms with Gasteiger partial charge < -0.3 is 10.2 Å². The number of carbonyl (C=O) groups excluding carboxylic acids is 2. The molecule has 0 saturated carbocycles. The highest BCUT2D eigenvalue weighted by Gasteiger charge is 2.36. The molecule has 24 heavy (non-hydrogen) atoms. The molecular formula is C20H22N2O2. The molecule has 0 spiro atoms. The molecule has 2 aromatic rings. The van der Waals surface area contributed by atoms with Crippen LogP contribution >= 0.6 is 0 Å². The van der Waals surface area contributed by atoms with E-state index in [-0.39, 0.29) is 30.2 Å². The zero-order valence-corrected chi connectivity index (χ0v) is 13.8. The Kier molecular flexibility index (Phi) is 4.94. The minimum absolute atomic E-state index is 0.00868. The van der Waals surface area contributed by atoms with Crippen molar-refractivity contribution < 1.29 is 9.59 Å². The SMILES string of the molecule is C[C@@H](c1ccccc1)N1C[C@@H](C(=O)NCc2ccccc2)CC1=O. The molecule has 4 nitrogen and oxygen atoms in total. The summed E-state index contributed by atoms with van der Waals surface area (Å²) in [7, 11) is 0. The van der Waals surface area contributed by atoms with E-state index in [4.69, 9.17) is 0 Å². The van der Waals surface area contributed by atoms with E-state index < -0.39 is 0 Å². The highest BCUT2D eigenvalue weighted by Crippen LogP contribution is 2.28. The average Bonchev–Trinajstić information content (AvgIpc) is 3.02. The molecule has 124 valence electrons. The number of amides is 2. The lowest BCUT2D eigenvalue weighted by molar-refractivity contribution is -0.130. The first-order chi connectivity index (χ1) is 11.6. The van der Waals surface area contributed by atoms with Gasteiger partial charge in [0.05, 0.1) is 12.0 Å². The third kappa shape index (κ3) is 3.65. The number of nitrogens with zero attached hydrogens (tertiary/aromatic N) is 1. The zero-order chi connectivity index (χ0) is 16.9. The van der Waals surface area contributed by atoms with Crippen molar-refractivity contribution in [1.82, 2.24) is 10.2 Å². The molecule has 0 aromatic heterocycles. The van der Waals surface area contributed by atoms with Crippen molar-refractivity contribution in [2.75, 3.05) is 6.54 Å². The van der Waals surface area contributed by atoms with E-state index in [1.807, 2.05) is 72.5 Å². The average molecular weight is 322 g/mol. The van der Waals surface area contributed by atoms with Crippen molar-refractivity contribution in [2.45, 2.75) is 25.9 Å². The highest BCUT2D eigenvalue weighted by atomic mass is 16.2. The second-order valence-corrected chi connectivity index (χ2v) is 6.24. The van der Waals surface area contributed by atoms with Crippen molar-refractivity contribution in [3.63, 3.8) is 0 Å². The van der Waals surface area contributed by atoms with E-state index in [1.54, 1.807) is 0 Å². The van der Waals surface area contributed by atoms with Gasteiger partial charge in [-0.2, -0.15) is 0 Å². The van der Waals surface area contributed by atoms with Gasteiger partial charge in [0.1, 0.15) is 0 Å². The predicted molar refractivity (Wildman–Crippen MR) is 93.0 cm³/mol. The summed E-state index contributed by atoms with van der Waals surface area (Å²) in [6.07, 6.45) is 0.289. The molecule has 3 rings (SSSR count). The fourth-order valence-corrected chi connectivity index (χ4v) is 3.12. The fourth-order valence-electron chi connectivity index (χ4n) is 3.12. The quantitative estimate of drug-likeness (QED) is 0.920. The van der Waals surface area contributed by atoms with Gasteiger partial charge in [0.25, 0.3) is 0 Å². The number of nitrogens with one attached hydrogen (secondary N) is 1. The lowest BCUT2D eigenvalue weighted by Gasteiger charge is -2.25. The third-order valence-corrected chi connectivity index (χ3v) is 4.59. The number of hydrogen-bond acceptors (Lipinski definition) is 2. The van der Waals surface area contributed by atoms with Crippen LogP contribution in [0.2, 0.25) is 0 Å². The second kappa shape index (κ2) is 7.30. The maximum atomic E-state index is 12.4. The molecule has 1 heterocycles. The molecule has 1 fully saturated rings. The Balaban J connectivity index is 1.59. The lowest BCUT2D eigenvalue weighted by Crippen LogP contribution is -2.33. The van der Waals surface area contributed by atoms with Crippen LogP contribution in [0, 0.1) is 5.92 Å². The van der Waals surface area contributed by atoms with Gasteiger partial charge in [-0.25, -0.2) is 0 Å². The Labute approximate surface area is 142 Å². The van der Waals surface area contributed by atoms with Gasteiger partial charge in [0, 0.05) is 19.5 Å². The summed E-state index contributed by atoms with van der Waals surface area (Å²) in [4.78, 5) is 26.5. The van der Waals surface area contributed by atoms with Gasteiger partial charge >= 0.3 is 0 Å². The Hall–Kier alpha value is -2.62.